The Kier molecular flexibility index (Phi) is 4.84. The summed E-state index contributed by atoms with van der Waals surface area (Å²) in [7, 11) is 3.22. The molecule has 1 aliphatic heterocycles. The summed E-state index contributed by atoms with van der Waals surface area (Å²) in [6.45, 7) is 2.93. The summed E-state index contributed by atoms with van der Waals surface area (Å²) >= 11 is 6.02. The van der Waals surface area contributed by atoms with Gasteiger partial charge in [-0.05, 0) is 18.2 Å². The average Bonchev–Trinajstić information content (AvgIpc) is 2.45. The lowest BCUT2D eigenvalue weighted by Gasteiger charge is -2.29. The van der Waals surface area contributed by atoms with Gasteiger partial charge in [0.2, 0.25) is 0 Å². The van der Waals surface area contributed by atoms with Crippen LogP contribution in [0.25, 0.3) is 0 Å². The Labute approximate surface area is 144 Å². The van der Waals surface area contributed by atoms with Gasteiger partial charge in [-0.25, -0.2) is 9.59 Å². The number of amides is 1. The molecule has 1 saturated heterocycles. The Balaban J connectivity index is 2.23. The van der Waals surface area contributed by atoms with Crippen molar-refractivity contribution >= 4 is 35.1 Å². The number of cyclic esters (lactones) is 2. The largest absolute Gasteiger partial charge is 0.419 e. The highest BCUT2D eigenvalue weighted by Gasteiger charge is 2.38. The number of nitrogens with zero attached hydrogens (tertiary/aromatic N) is 1. The van der Waals surface area contributed by atoms with Crippen molar-refractivity contribution in [2.75, 3.05) is 19.4 Å². The van der Waals surface area contributed by atoms with E-state index in [1.165, 1.54) is 31.0 Å². The predicted octanol–water partition coefficient (Wildman–Crippen LogP) is 2.17. The zero-order valence-corrected chi connectivity index (χ0v) is 14.4. The number of carbonyl (C=O) groups is 3. The summed E-state index contributed by atoms with van der Waals surface area (Å²) in [5, 5.41) is 3.07. The van der Waals surface area contributed by atoms with Crippen LogP contribution >= 0.6 is 11.6 Å². The Bertz CT molecular complexity index is 718. The molecule has 0 spiro atoms. The fourth-order valence-electron chi connectivity index (χ4n) is 1.95. The first kappa shape index (κ1) is 17.8. The molecule has 1 aliphatic rings. The number of hydrogen-bond donors (Lipinski definition) is 1. The van der Waals surface area contributed by atoms with E-state index in [2.05, 4.69) is 5.32 Å². The molecule has 8 heteroatoms. The van der Waals surface area contributed by atoms with Crippen molar-refractivity contribution in [3.05, 3.63) is 40.6 Å². The summed E-state index contributed by atoms with van der Waals surface area (Å²) < 4.78 is 9.97. The molecule has 1 aromatic carbocycles. The zero-order chi connectivity index (χ0) is 18.1. The molecule has 1 heterocycles. The van der Waals surface area contributed by atoms with Crippen molar-refractivity contribution in [3.8, 4) is 0 Å². The second kappa shape index (κ2) is 6.52. The fraction of sp³-hybridized carbons (Fsp3) is 0.312. The van der Waals surface area contributed by atoms with Crippen LogP contribution in [0.1, 0.15) is 24.2 Å². The van der Waals surface area contributed by atoms with E-state index < -0.39 is 17.7 Å². The van der Waals surface area contributed by atoms with Crippen molar-refractivity contribution in [3.63, 3.8) is 0 Å². The summed E-state index contributed by atoms with van der Waals surface area (Å²) in [5.74, 6) is -3.14. The van der Waals surface area contributed by atoms with Gasteiger partial charge in [-0.2, -0.15) is 0 Å². The van der Waals surface area contributed by atoms with Crippen molar-refractivity contribution in [2.45, 2.75) is 19.6 Å². The highest BCUT2D eigenvalue weighted by atomic mass is 35.5. The lowest BCUT2D eigenvalue weighted by molar-refractivity contribution is -0.222. The van der Waals surface area contributed by atoms with E-state index in [4.69, 9.17) is 21.1 Å². The number of carbonyl (C=O) groups excluding carboxylic acids is 3. The van der Waals surface area contributed by atoms with Crippen LogP contribution in [-0.2, 0) is 19.1 Å². The maximum absolute atomic E-state index is 12.0. The molecule has 1 amide bonds. The fourth-order valence-corrected chi connectivity index (χ4v) is 2.15. The molecule has 0 atom stereocenters. The van der Waals surface area contributed by atoms with Crippen LogP contribution in [0.15, 0.2) is 30.0 Å². The Morgan fingerprint density at radius 3 is 2.33 bits per heavy atom. The van der Waals surface area contributed by atoms with Gasteiger partial charge in [-0.1, -0.05) is 11.6 Å². The van der Waals surface area contributed by atoms with Gasteiger partial charge in [0.05, 0.1) is 10.6 Å². The van der Waals surface area contributed by atoms with E-state index in [9.17, 15) is 14.4 Å². The molecule has 1 aromatic rings. The first-order valence-electron chi connectivity index (χ1n) is 7.05. The molecule has 1 fully saturated rings. The number of nitrogens with one attached hydrogen (secondary N) is 1. The summed E-state index contributed by atoms with van der Waals surface area (Å²) in [5.41, 5.74) is 0.493. The minimum absolute atomic E-state index is 0.269. The SMILES string of the molecule is CN(C)C(=O)c1cc(NC=C2C(=O)OC(C)(C)OC2=O)ccc1Cl. The normalized spacial score (nSPS) is 16.1. The smallest absolute Gasteiger partial charge is 0.350 e. The molecule has 1 N–H and O–H groups in total. The Morgan fingerprint density at radius 2 is 1.79 bits per heavy atom. The predicted molar refractivity (Wildman–Crippen MR) is 87.4 cm³/mol. The number of rotatable bonds is 3. The molecule has 0 aromatic heterocycles. The van der Waals surface area contributed by atoms with Crippen molar-refractivity contribution < 1.29 is 23.9 Å². The van der Waals surface area contributed by atoms with Gasteiger partial charge >= 0.3 is 11.9 Å². The molecule has 24 heavy (non-hydrogen) atoms. The van der Waals surface area contributed by atoms with Crippen molar-refractivity contribution in [1.29, 1.82) is 0 Å². The third-order valence-electron chi connectivity index (χ3n) is 3.10. The molecule has 0 aliphatic carbocycles. The molecule has 0 radical (unpaired) electrons. The minimum Gasteiger partial charge on any atom is -0.419 e. The van der Waals surface area contributed by atoms with Crippen LogP contribution in [-0.4, -0.2) is 42.6 Å². The van der Waals surface area contributed by atoms with E-state index in [1.807, 2.05) is 0 Å². The van der Waals surface area contributed by atoms with Crippen molar-refractivity contribution in [1.82, 2.24) is 4.90 Å². The summed E-state index contributed by atoms with van der Waals surface area (Å²) in [6, 6.07) is 4.67. The summed E-state index contributed by atoms with van der Waals surface area (Å²) in [4.78, 5) is 37.1. The number of benzene rings is 1. The van der Waals surface area contributed by atoms with E-state index >= 15 is 0 Å². The van der Waals surface area contributed by atoms with Gasteiger partial charge < -0.3 is 19.7 Å². The maximum Gasteiger partial charge on any atom is 0.350 e. The topological polar surface area (TPSA) is 84.9 Å². The van der Waals surface area contributed by atoms with Crippen LogP contribution < -0.4 is 5.32 Å². The molecule has 0 saturated carbocycles. The van der Waals surface area contributed by atoms with Crippen LogP contribution in [0.2, 0.25) is 5.02 Å². The molecule has 2 rings (SSSR count). The number of halogens is 1. The first-order chi connectivity index (χ1) is 11.1. The number of anilines is 1. The molecule has 0 unspecified atom stereocenters. The number of esters is 2. The second-order valence-electron chi connectivity index (χ2n) is 5.78. The highest BCUT2D eigenvalue weighted by molar-refractivity contribution is 6.34. The second-order valence-corrected chi connectivity index (χ2v) is 6.18. The first-order valence-corrected chi connectivity index (χ1v) is 7.43. The van der Waals surface area contributed by atoms with Crippen LogP contribution in [0.3, 0.4) is 0 Å². The third-order valence-corrected chi connectivity index (χ3v) is 3.43. The lowest BCUT2D eigenvalue weighted by Crippen LogP contribution is -2.42. The lowest BCUT2D eigenvalue weighted by atomic mass is 10.1. The summed E-state index contributed by atoms with van der Waals surface area (Å²) in [6.07, 6.45) is 1.17. The van der Waals surface area contributed by atoms with Crippen LogP contribution in [0, 0.1) is 0 Å². The third kappa shape index (κ3) is 3.86. The Morgan fingerprint density at radius 1 is 1.21 bits per heavy atom. The van der Waals surface area contributed by atoms with Gasteiger partial charge in [0.15, 0.2) is 5.57 Å². The van der Waals surface area contributed by atoms with Crippen LogP contribution in [0.5, 0.6) is 0 Å². The minimum atomic E-state index is -1.29. The van der Waals surface area contributed by atoms with Crippen molar-refractivity contribution in [2.24, 2.45) is 0 Å². The Hall–Kier alpha value is -2.54. The van der Waals surface area contributed by atoms with Gasteiger partial charge in [0, 0.05) is 39.8 Å². The molecular formula is C16H17ClN2O5. The standard InChI is InChI=1S/C16H17ClN2O5/c1-16(2)23-14(21)11(15(22)24-16)8-18-9-5-6-12(17)10(7-9)13(20)19(3)4/h5-8,18H,1-4H3. The molecular weight excluding hydrogens is 336 g/mol. The average molecular weight is 353 g/mol. The molecule has 128 valence electrons. The van der Waals surface area contributed by atoms with E-state index in [0.29, 0.717) is 16.3 Å². The monoisotopic (exact) mass is 352 g/mol. The number of ether oxygens (including phenoxy) is 2. The van der Waals surface area contributed by atoms with Gasteiger partial charge in [0.1, 0.15) is 0 Å². The van der Waals surface area contributed by atoms with Crippen LogP contribution in [0.4, 0.5) is 5.69 Å². The number of hydrogen-bond acceptors (Lipinski definition) is 6. The maximum atomic E-state index is 12.0. The van der Waals surface area contributed by atoms with E-state index in [-0.39, 0.29) is 11.5 Å². The van der Waals surface area contributed by atoms with E-state index in [1.54, 1.807) is 26.2 Å². The quantitative estimate of drug-likeness (QED) is 0.510. The molecule has 0 bridgehead atoms. The highest BCUT2D eigenvalue weighted by Crippen LogP contribution is 2.24. The van der Waals surface area contributed by atoms with Gasteiger partial charge in [-0.3, -0.25) is 4.79 Å². The molecule has 7 nitrogen and oxygen atoms in total. The van der Waals surface area contributed by atoms with Gasteiger partial charge in [-0.15, -0.1) is 0 Å². The van der Waals surface area contributed by atoms with E-state index in [0.717, 1.165) is 0 Å². The zero-order valence-electron chi connectivity index (χ0n) is 13.7. The van der Waals surface area contributed by atoms with Gasteiger partial charge in [0.25, 0.3) is 11.7 Å².